The minimum atomic E-state index is -0.438. The van der Waals surface area contributed by atoms with Crippen molar-refractivity contribution >= 4 is 17.2 Å². The lowest BCUT2D eigenvalue weighted by Gasteiger charge is -2.13. The number of hydrogen-bond donors (Lipinski definition) is 2. The number of aryl methyl sites for hydroxylation is 1. The van der Waals surface area contributed by atoms with Crippen LogP contribution in [0.3, 0.4) is 0 Å². The Morgan fingerprint density at radius 2 is 2.39 bits per heavy atom. The van der Waals surface area contributed by atoms with Crippen LogP contribution in [0, 0.1) is 0 Å². The quantitative estimate of drug-likeness (QED) is 0.718. The Bertz CT molecular complexity index is 778. The van der Waals surface area contributed by atoms with Crippen molar-refractivity contribution < 1.29 is 9.21 Å². The molecule has 120 valence electrons. The van der Waals surface area contributed by atoms with E-state index in [0.29, 0.717) is 6.54 Å². The first-order chi connectivity index (χ1) is 11.2. The Hall–Kier alpha value is -2.45. The van der Waals surface area contributed by atoms with Crippen molar-refractivity contribution in [3.05, 3.63) is 47.4 Å². The Morgan fingerprint density at radius 1 is 1.52 bits per heavy atom. The third-order valence-electron chi connectivity index (χ3n) is 3.34. The minimum absolute atomic E-state index is 0.118. The van der Waals surface area contributed by atoms with E-state index in [0.717, 1.165) is 22.0 Å². The number of likely N-dealkylation sites (N-methyl/N-ethyl adjacent to an activating group) is 1. The van der Waals surface area contributed by atoms with Gasteiger partial charge < -0.3 is 15.1 Å². The minimum Gasteiger partial charge on any atom is -0.462 e. The van der Waals surface area contributed by atoms with Gasteiger partial charge in [-0.3, -0.25) is 9.48 Å². The number of nitrogens with zero attached hydrogens (tertiary/aromatic N) is 3. The Kier molecular flexibility index (Phi) is 4.54. The van der Waals surface area contributed by atoms with E-state index in [-0.39, 0.29) is 5.91 Å². The maximum absolute atomic E-state index is 12.3. The monoisotopic (exact) mass is 331 g/mol. The van der Waals surface area contributed by atoms with Crippen molar-refractivity contribution in [3.8, 4) is 10.8 Å². The second-order valence-corrected chi connectivity index (χ2v) is 5.87. The molecule has 0 bridgehead atoms. The van der Waals surface area contributed by atoms with Crippen molar-refractivity contribution in [2.75, 3.05) is 7.05 Å². The highest BCUT2D eigenvalue weighted by atomic mass is 32.1. The van der Waals surface area contributed by atoms with Crippen molar-refractivity contribution in [2.45, 2.75) is 12.6 Å². The molecule has 0 radical (unpaired) electrons. The van der Waals surface area contributed by atoms with Crippen molar-refractivity contribution in [3.63, 3.8) is 0 Å². The van der Waals surface area contributed by atoms with Crippen LogP contribution in [0.25, 0.3) is 10.8 Å². The molecule has 0 aliphatic heterocycles. The predicted octanol–water partition coefficient (Wildman–Crippen LogP) is 1.71. The highest BCUT2D eigenvalue weighted by Crippen LogP contribution is 2.23. The molecule has 2 N–H and O–H groups in total. The maximum Gasteiger partial charge on any atom is 0.242 e. The molecule has 0 saturated heterocycles. The highest BCUT2D eigenvalue weighted by molar-refractivity contribution is 7.13. The number of furan rings is 1. The van der Waals surface area contributed by atoms with Gasteiger partial charge in [0, 0.05) is 24.2 Å². The summed E-state index contributed by atoms with van der Waals surface area (Å²) in [6.45, 7) is 0.370. The number of rotatable bonds is 6. The largest absolute Gasteiger partial charge is 0.462 e. The molecule has 7 nitrogen and oxygen atoms in total. The van der Waals surface area contributed by atoms with Crippen molar-refractivity contribution in [1.29, 1.82) is 0 Å². The van der Waals surface area contributed by atoms with Gasteiger partial charge in [0.2, 0.25) is 5.91 Å². The van der Waals surface area contributed by atoms with Crippen molar-refractivity contribution in [2.24, 2.45) is 7.05 Å². The molecule has 8 heteroatoms. The van der Waals surface area contributed by atoms with E-state index in [9.17, 15) is 4.79 Å². The molecule has 23 heavy (non-hydrogen) atoms. The van der Waals surface area contributed by atoms with Crippen LogP contribution in [0.15, 0.2) is 40.6 Å². The van der Waals surface area contributed by atoms with Gasteiger partial charge >= 0.3 is 0 Å². The molecule has 0 aliphatic carbocycles. The summed E-state index contributed by atoms with van der Waals surface area (Å²) >= 11 is 1.49. The smallest absolute Gasteiger partial charge is 0.242 e. The zero-order valence-corrected chi connectivity index (χ0v) is 13.6. The summed E-state index contributed by atoms with van der Waals surface area (Å²) in [5.41, 5.74) is 1.62. The standard InChI is InChI=1S/C15H17N5O2S/c1-16-13(10-6-18-20(2)8-10)14(21)17-7-11-9-23-15(19-11)12-4-3-5-22-12/h3-6,8-9,13,16H,7H2,1-2H3,(H,17,21). The van der Waals surface area contributed by atoms with Gasteiger partial charge in [0.25, 0.3) is 0 Å². The van der Waals surface area contributed by atoms with Crippen LogP contribution < -0.4 is 10.6 Å². The van der Waals surface area contributed by atoms with Gasteiger partial charge in [0.05, 0.1) is 24.7 Å². The molecular weight excluding hydrogens is 314 g/mol. The summed E-state index contributed by atoms with van der Waals surface area (Å²) in [5, 5.41) is 12.7. The number of thiazole rings is 1. The van der Waals surface area contributed by atoms with Gasteiger partial charge in [-0.2, -0.15) is 5.10 Å². The van der Waals surface area contributed by atoms with E-state index in [2.05, 4.69) is 20.7 Å². The van der Waals surface area contributed by atoms with Crippen molar-refractivity contribution in [1.82, 2.24) is 25.4 Å². The number of carbonyl (C=O) groups excluding carboxylic acids is 1. The van der Waals surface area contributed by atoms with E-state index >= 15 is 0 Å². The fourth-order valence-corrected chi connectivity index (χ4v) is 3.01. The van der Waals surface area contributed by atoms with Crippen LogP contribution >= 0.6 is 11.3 Å². The lowest BCUT2D eigenvalue weighted by molar-refractivity contribution is -0.123. The van der Waals surface area contributed by atoms with Crippen LogP contribution in [-0.2, 0) is 18.4 Å². The summed E-state index contributed by atoms with van der Waals surface area (Å²) < 4.78 is 6.99. The summed E-state index contributed by atoms with van der Waals surface area (Å²) in [6, 6.07) is 3.25. The van der Waals surface area contributed by atoms with Crippen LogP contribution in [0.1, 0.15) is 17.3 Å². The van der Waals surface area contributed by atoms with Gasteiger partial charge in [-0.05, 0) is 19.2 Å². The number of aromatic nitrogens is 3. The Balaban J connectivity index is 1.62. The number of hydrogen-bond acceptors (Lipinski definition) is 6. The molecule has 3 rings (SSSR count). The number of amides is 1. The fraction of sp³-hybridized carbons (Fsp3) is 0.267. The maximum atomic E-state index is 12.3. The summed E-state index contributed by atoms with van der Waals surface area (Å²) in [7, 11) is 3.56. The zero-order chi connectivity index (χ0) is 16.2. The summed E-state index contributed by atoms with van der Waals surface area (Å²) in [6.07, 6.45) is 5.11. The highest BCUT2D eigenvalue weighted by Gasteiger charge is 2.20. The fourth-order valence-electron chi connectivity index (χ4n) is 2.22. The van der Waals surface area contributed by atoms with Gasteiger partial charge in [-0.15, -0.1) is 11.3 Å². The second-order valence-electron chi connectivity index (χ2n) is 5.01. The van der Waals surface area contributed by atoms with E-state index in [1.165, 1.54) is 11.3 Å². The summed E-state index contributed by atoms with van der Waals surface area (Å²) in [5.74, 6) is 0.615. The molecule has 0 saturated carbocycles. The third-order valence-corrected chi connectivity index (χ3v) is 4.24. The van der Waals surface area contributed by atoms with E-state index in [1.54, 1.807) is 24.2 Å². The summed E-state index contributed by atoms with van der Waals surface area (Å²) in [4.78, 5) is 16.8. The van der Waals surface area contributed by atoms with Crippen LogP contribution in [0.2, 0.25) is 0 Å². The molecule has 1 amide bonds. The van der Waals surface area contributed by atoms with E-state index in [1.807, 2.05) is 30.8 Å². The SMILES string of the molecule is CNC(C(=O)NCc1csc(-c2ccco2)n1)c1cnn(C)c1. The van der Waals surface area contributed by atoms with Crippen LogP contribution in [0.4, 0.5) is 0 Å². The topological polar surface area (TPSA) is 85.0 Å². The first-order valence-electron chi connectivity index (χ1n) is 7.09. The first-order valence-corrected chi connectivity index (χ1v) is 7.97. The average Bonchev–Trinajstić information content (AvgIpc) is 3.27. The Morgan fingerprint density at radius 3 is 3.04 bits per heavy atom. The normalized spacial score (nSPS) is 12.3. The number of nitrogens with one attached hydrogen (secondary N) is 2. The molecule has 0 fully saturated rings. The van der Waals surface area contributed by atoms with E-state index < -0.39 is 6.04 Å². The lowest BCUT2D eigenvalue weighted by Crippen LogP contribution is -2.35. The zero-order valence-electron chi connectivity index (χ0n) is 12.8. The molecule has 3 aromatic rings. The van der Waals surface area contributed by atoms with Crippen LogP contribution in [-0.4, -0.2) is 27.7 Å². The third kappa shape index (κ3) is 3.49. The molecule has 3 heterocycles. The second kappa shape index (κ2) is 6.76. The number of carbonyl (C=O) groups is 1. The molecule has 0 aromatic carbocycles. The first kappa shape index (κ1) is 15.4. The molecule has 0 aliphatic rings. The van der Waals surface area contributed by atoms with Gasteiger partial charge in [-0.1, -0.05) is 0 Å². The van der Waals surface area contributed by atoms with Gasteiger partial charge in [-0.25, -0.2) is 4.98 Å². The molecule has 1 atom stereocenters. The predicted molar refractivity (Wildman–Crippen MR) is 86.7 cm³/mol. The van der Waals surface area contributed by atoms with Gasteiger partial charge in [0.15, 0.2) is 10.8 Å². The molecule has 1 unspecified atom stereocenters. The molecular formula is C15H17N5O2S. The Labute approximate surface area is 137 Å². The average molecular weight is 331 g/mol. The molecule has 0 spiro atoms. The van der Waals surface area contributed by atoms with Gasteiger partial charge in [0.1, 0.15) is 6.04 Å². The lowest BCUT2D eigenvalue weighted by atomic mass is 10.1. The van der Waals surface area contributed by atoms with E-state index in [4.69, 9.17) is 4.42 Å². The van der Waals surface area contributed by atoms with Crippen LogP contribution in [0.5, 0.6) is 0 Å². The molecule has 3 aromatic heterocycles.